The van der Waals surface area contributed by atoms with Crippen molar-refractivity contribution in [3.8, 4) is 5.75 Å². The number of rotatable bonds is 13. The van der Waals surface area contributed by atoms with Crippen LogP contribution in [0, 0.1) is 10.8 Å². The van der Waals surface area contributed by atoms with Crippen molar-refractivity contribution in [2.75, 3.05) is 0 Å². The van der Waals surface area contributed by atoms with Gasteiger partial charge in [-0.15, -0.1) is 0 Å². The summed E-state index contributed by atoms with van der Waals surface area (Å²) in [6, 6.07) is 6.27. The predicted octanol–water partition coefficient (Wildman–Crippen LogP) is 8.22. The molecule has 27 heavy (non-hydrogen) atoms. The maximum atomic E-state index is 10.1. The number of phenols is 1. The maximum Gasteiger partial charge on any atom is 0.116 e. The normalized spacial score (nSPS) is 15.9. The lowest BCUT2D eigenvalue weighted by Gasteiger charge is -2.17. The van der Waals surface area contributed by atoms with Gasteiger partial charge in [-0.1, -0.05) is 72.3 Å². The van der Waals surface area contributed by atoms with Crippen molar-refractivity contribution in [1.29, 1.82) is 0 Å². The Bertz CT molecular complexity index is 512. The maximum absolute atomic E-state index is 10.1. The first-order valence-corrected chi connectivity index (χ1v) is 11.6. The quantitative estimate of drug-likeness (QED) is 0.346. The van der Waals surface area contributed by atoms with Gasteiger partial charge in [-0.2, -0.15) is 0 Å². The van der Waals surface area contributed by atoms with E-state index < -0.39 is 0 Å². The summed E-state index contributed by atoms with van der Waals surface area (Å²) in [6.45, 7) is 9.42. The molecular weight excluding hydrogens is 328 g/mol. The van der Waals surface area contributed by atoms with E-state index in [1.54, 1.807) is 0 Å². The van der Waals surface area contributed by atoms with Crippen molar-refractivity contribution in [2.45, 2.75) is 118 Å². The van der Waals surface area contributed by atoms with Gasteiger partial charge in [0.1, 0.15) is 5.75 Å². The molecule has 0 saturated heterocycles. The van der Waals surface area contributed by atoms with Crippen LogP contribution in [0.4, 0.5) is 0 Å². The molecule has 1 heteroatoms. The van der Waals surface area contributed by atoms with E-state index in [1.807, 2.05) is 12.1 Å². The molecule has 0 radical (unpaired) electrons. The van der Waals surface area contributed by atoms with Crippen molar-refractivity contribution in [2.24, 2.45) is 10.8 Å². The van der Waals surface area contributed by atoms with E-state index in [9.17, 15) is 5.11 Å². The summed E-state index contributed by atoms with van der Waals surface area (Å²) < 4.78 is 0. The molecule has 0 aromatic heterocycles. The molecule has 1 N–H and O–H groups in total. The van der Waals surface area contributed by atoms with Crippen LogP contribution in [0.5, 0.6) is 5.75 Å². The van der Waals surface area contributed by atoms with Gasteiger partial charge in [-0.25, -0.2) is 0 Å². The van der Waals surface area contributed by atoms with Gasteiger partial charge in [0.2, 0.25) is 0 Å². The van der Waals surface area contributed by atoms with Crippen molar-refractivity contribution >= 4 is 0 Å². The van der Waals surface area contributed by atoms with Crippen LogP contribution in [0.15, 0.2) is 18.2 Å². The summed E-state index contributed by atoms with van der Waals surface area (Å²) >= 11 is 0. The zero-order valence-corrected chi connectivity index (χ0v) is 18.6. The van der Waals surface area contributed by atoms with Crippen LogP contribution in [0.2, 0.25) is 0 Å². The van der Waals surface area contributed by atoms with Crippen molar-refractivity contribution in [1.82, 2.24) is 0 Å². The summed E-state index contributed by atoms with van der Waals surface area (Å²) in [5.41, 5.74) is 3.83. The fourth-order valence-electron chi connectivity index (χ4n) is 4.07. The van der Waals surface area contributed by atoms with E-state index in [4.69, 9.17) is 0 Å². The monoisotopic (exact) mass is 372 g/mol. The largest absolute Gasteiger partial charge is 0.508 e. The Morgan fingerprint density at radius 3 is 1.81 bits per heavy atom. The van der Waals surface area contributed by atoms with Crippen molar-refractivity contribution in [3.05, 3.63) is 29.3 Å². The number of hydrogen-bond acceptors (Lipinski definition) is 1. The zero-order valence-electron chi connectivity index (χ0n) is 18.6. The lowest BCUT2D eigenvalue weighted by molar-refractivity contribution is 0.357. The molecule has 1 nitrogen and oxygen atoms in total. The Morgan fingerprint density at radius 2 is 1.30 bits per heavy atom. The van der Waals surface area contributed by atoms with Gasteiger partial charge in [-0.3, -0.25) is 0 Å². The highest BCUT2D eigenvalue weighted by atomic mass is 16.3. The van der Waals surface area contributed by atoms with Gasteiger partial charge >= 0.3 is 0 Å². The lowest BCUT2D eigenvalue weighted by Crippen LogP contribution is -2.03. The Hall–Kier alpha value is -0.980. The van der Waals surface area contributed by atoms with E-state index in [2.05, 4.69) is 33.8 Å². The van der Waals surface area contributed by atoms with Gasteiger partial charge in [-0.05, 0) is 85.5 Å². The minimum absolute atomic E-state index is 0.455. The summed E-state index contributed by atoms with van der Waals surface area (Å²) in [5.74, 6) is 0.455. The smallest absolute Gasteiger partial charge is 0.116 e. The summed E-state index contributed by atoms with van der Waals surface area (Å²) in [6.07, 6.45) is 18.5. The van der Waals surface area contributed by atoms with Gasteiger partial charge in [0.25, 0.3) is 0 Å². The predicted molar refractivity (Wildman–Crippen MR) is 118 cm³/mol. The van der Waals surface area contributed by atoms with Crippen LogP contribution < -0.4 is 0 Å². The van der Waals surface area contributed by atoms with Gasteiger partial charge in [0, 0.05) is 0 Å². The molecule has 0 bridgehead atoms. The highest BCUT2D eigenvalue weighted by Crippen LogP contribution is 2.49. The first-order valence-electron chi connectivity index (χ1n) is 11.6. The lowest BCUT2D eigenvalue weighted by atomic mass is 9.89. The molecule has 0 atom stereocenters. The molecule has 1 aromatic rings. The fraction of sp³-hybridized carbons (Fsp3) is 0.769. The molecule has 0 heterocycles. The van der Waals surface area contributed by atoms with Gasteiger partial charge in [0.05, 0.1) is 0 Å². The Kier molecular flexibility index (Phi) is 8.70. The third-order valence-electron chi connectivity index (χ3n) is 6.28. The molecule has 154 valence electrons. The van der Waals surface area contributed by atoms with Crippen molar-refractivity contribution < 1.29 is 5.11 Å². The second kappa shape index (κ2) is 10.5. The molecule has 0 spiro atoms. The van der Waals surface area contributed by atoms with Crippen LogP contribution in [0.25, 0.3) is 0 Å². The first kappa shape index (κ1) is 22.3. The second-order valence-electron chi connectivity index (χ2n) is 10.7. The average molecular weight is 373 g/mol. The molecule has 0 amide bonds. The standard InChI is InChI=1S/C26H44O/c1-25(2,3)15-11-7-5-9-13-22-19-23(21-24(27)20-22)14-10-6-8-12-16-26(4)17-18-26/h19-21,27H,5-18H2,1-4H3. The van der Waals surface area contributed by atoms with E-state index >= 15 is 0 Å². The molecule has 1 aliphatic carbocycles. The van der Waals surface area contributed by atoms with Gasteiger partial charge < -0.3 is 5.11 Å². The van der Waals surface area contributed by atoms with E-state index in [-0.39, 0.29) is 0 Å². The highest BCUT2D eigenvalue weighted by Gasteiger charge is 2.35. The van der Waals surface area contributed by atoms with Crippen LogP contribution >= 0.6 is 0 Å². The fourth-order valence-corrected chi connectivity index (χ4v) is 4.07. The molecule has 1 saturated carbocycles. The van der Waals surface area contributed by atoms with E-state index in [0.29, 0.717) is 16.6 Å². The Labute approximate surface area is 169 Å². The highest BCUT2D eigenvalue weighted by molar-refractivity contribution is 5.33. The minimum atomic E-state index is 0.455. The molecule has 1 aliphatic rings. The van der Waals surface area contributed by atoms with Crippen LogP contribution in [0.1, 0.15) is 116 Å². The third-order valence-corrected chi connectivity index (χ3v) is 6.28. The SMILES string of the molecule is CC(C)(C)CCCCCCc1cc(O)cc(CCCCCCC2(C)CC2)c1. The van der Waals surface area contributed by atoms with E-state index in [1.165, 1.54) is 88.2 Å². The minimum Gasteiger partial charge on any atom is -0.508 e. The first-order chi connectivity index (χ1) is 12.8. The summed E-state index contributed by atoms with van der Waals surface area (Å²) in [4.78, 5) is 0. The van der Waals surface area contributed by atoms with Crippen LogP contribution in [0.3, 0.4) is 0 Å². The number of hydrogen-bond donors (Lipinski definition) is 1. The third kappa shape index (κ3) is 10.2. The Morgan fingerprint density at radius 1 is 0.778 bits per heavy atom. The van der Waals surface area contributed by atoms with Crippen molar-refractivity contribution in [3.63, 3.8) is 0 Å². The summed E-state index contributed by atoms with van der Waals surface area (Å²) in [7, 11) is 0. The summed E-state index contributed by atoms with van der Waals surface area (Å²) in [5, 5.41) is 10.1. The van der Waals surface area contributed by atoms with E-state index in [0.717, 1.165) is 12.8 Å². The number of phenolic OH excluding ortho intramolecular Hbond substituents is 1. The topological polar surface area (TPSA) is 20.2 Å². The molecular formula is C26H44O. The molecule has 1 fully saturated rings. The molecule has 1 aromatic carbocycles. The molecule has 2 rings (SSSR count). The molecule has 0 unspecified atom stereocenters. The van der Waals surface area contributed by atoms with Gasteiger partial charge in [0.15, 0.2) is 0 Å². The Balaban J connectivity index is 1.59. The number of benzene rings is 1. The van der Waals surface area contributed by atoms with Crippen LogP contribution in [-0.2, 0) is 12.8 Å². The average Bonchev–Trinajstić information content (AvgIpc) is 3.30. The second-order valence-corrected chi connectivity index (χ2v) is 10.7. The zero-order chi connectivity index (χ0) is 19.8. The molecule has 0 aliphatic heterocycles. The number of aryl methyl sites for hydroxylation is 2. The van der Waals surface area contributed by atoms with Crippen LogP contribution in [-0.4, -0.2) is 5.11 Å². The number of unbranched alkanes of at least 4 members (excludes halogenated alkanes) is 6. The number of aromatic hydroxyl groups is 1.